The van der Waals surface area contributed by atoms with E-state index in [1.807, 2.05) is 0 Å². The van der Waals surface area contributed by atoms with E-state index in [-0.39, 0.29) is 12.4 Å². The highest BCUT2D eigenvalue weighted by atomic mass is 35.5. The average molecular weight is 283 g/mol. The molecule has 0 saturated carbocycles. The van der Waals surface area contributed by atoms with Gasteiger partial charge >= 0.3 is 0 Å². The summed E-state index contributed by atoms with van der Waals surface area (Å²) >= 11 is 0. The van der Waals surface area contributed by atoms with E-state index in [0.717, 1.165) is 26.1 Å². The number of likely N-dealkylation sites (tertiary alicyclic amines) is 1. The molecule has 2 rings (SSSR count). The van der Waals surface area contributed by atoms with Gasteiger partial charge in [-0.1, -0.05) is 19.1 Å². The molecule has 0 aliphatic carbocycles. The molecule has 2 nitrogen and oxygen atoms in total. The largest absolute Gasteiger partial charge is 0.327 e. The number of halogens is 1. The summed E-state index contributed by atoms with van der Waals surface area (Å²) in [5.41, 5.74) is 11.8. The van der Waals surface area contributed by atoms with Gasteiger partial charge in [-0.3, -0.25) is 4.90 Å². The first-order valence-corrected chi connectivity index (χ1v) is 7.02. The zero-order chi connectivity index (χ0) is 13.3. The minimum absolute atomic E-state index is 0. The van der Waals surface area contributed by atoms with Crippen LogP contribution in [0.2, 0.25) is 0 Å². The normalized spacial score (nSPS) is 24.1. The predicted molar refractivity (Wildman–Crippen MR) is 84.9 cm³/mol. The third-order valence-electron chi connectivity index (χ3n) is 4.40. The van der Waals surface area contributed by atoms with Crippen molar-refractivity contribution in [3.8, 4) is 0 Å². The van der Waals surface area contributed by atoms with Gasteiger partial charge in [0.1, 0.15) is 0 Å². The summed E-state index contributed by atoms with van der Waals surface area (Å²) in [6.45, 7) is 12.2. The van der Waals surface area contributed by atoms with Crippen LogP contribution in [0, 0.1) is 26.7 Å². The zero-order valence-corrected chi connectivity index (χ0v) is 13.4. The average Bonchev–Trinajstić information content (AvgIpc) is 2.31. The molecule has 2 unspecified atom stereocenters. The molecule has 108 valence electrons. The second-order valence-electron chi connectivity index (χ2n) is 6.03. The van der Waals surface area contributed by atoms with Crippen molar-refractivity contribution in [1.82, 2.24) is 4.90 Å². The van der Waals surface area contributed by atoms with E-state index in [9.17, 15) is 0 Å². The van der Waals surface area contributed by atoms with Gasteiger partial charge in [-0.2, -0.15) is 0 Å². The van der Waals surface area contributed by atoms with Crippen LogP contribution in [0.15, 0.2) is 12.1 Å². The Bertz CT molecular complexity index is 431. The van der Waals surface area contributed by atoms with Gasteiger partial charge in [-0.05, 0) is 61.9 Å². The molecule has 1 aliphatic heterocycles. The molecule has 1 aromatic carbocycles. The third kappa shape index (κ3) is 3.95. The summed E-state index contributed by atoms with van der Waals surface area (Å²) in [7, 11) is 0. The number of nitrogens with zero attached hydrogens (tertiary/aromatic N) is 1. The van der Waals surface area contributed by atoms with Gasteiger partial charge in [-0.15, -0.1) is 12.4 Å². The number of nitrogens with two attached hydrogens (primary N) is 1. The fraction of sp³-hybridized carbons (Fsp3) is 0.625. The fourth-order valence-electron chi connectivity index (χ4n) is 2.83. The van der Waals surface area contributed by atoms with Crippen LogP contribution in [0.1, 0.15) is 35.6 Å². The highest BCUT2D eigenvalue weighted by Gasteiger charge is 2.23. The van der Waals surface area contributed by atoms with Crippen LogP contribution >= 0.6 is 12.4 Å². The summed E-state index contributed by atoms with van der Waals surface area (Å²) in [5, 5.41) is 0. The molecular weight excluding hydrogens is 256 g/mol. The molecule has 0 spiro atoms. The molecular formula is C16H27ClN2. The Kier molecular flexibility index (Phi) is 5.84. The molecule has 1 heterocycles. The van der Waals surface area contributed by atoms with Gasteiger partial charge in [0.2, 0.25) is 0 Å². The maximum atomic E-state index is 6.08. The Morgan fingerprint density at radius 3 is 2.42 bits per heavy atom. The predicted octanol–water partition coefficient (Wildman–Crippen LogP) is 3.20. The van der Waals surface area contributed by atoms with Crippen LogP contribution in [0.25, 0.3) is 0 Å². The number of hydrogen-bond donors (Lipinski definition) is 1. The lowest BCUT2D eigenvalue weighted by atomic mass is 9.93. The molecule has 1 aromatic rings. The quantitative estimate of drug-likeness (QED) is 0.903. The Morgan fingerprint density at radius 2 is 1.79 bits per heavy atom. The summed E-state index contributed by atoms with van der Waals surface area (Å²) in [6, 6.07) is 5.05. The first kappa shape index (κ1) is 16.5. The van der Waals surface area contributed by atoms with Crippen LogP contribution in [-0.4, -0.2) is 24.0 Å². The van der Waals surface area contributed by atoms with Crippen molar-refractivity contribution >= 4 is 12.4 Å². The molecule has 1 saturated heterocycles. The van der Waals surface area contributed by atoms with Crippen molar-refractivity contribution in [2.75, 3.05) is 13.1 Å². The van der Waals surface area contributed by atoms with Gasteiger partial charge in [0, 0.05) is 19.1 Å². The van der Waals surface area contributed by atoms with Crippen molar-refractivity contribution in [3.05, 3.63) is 34.4 Å². The number of benzene rings is 1. The lowest BCUT2D eigenvalue weighted by molar-refractivity contribution is 0.157. The second-order valence-corrected chi connectivity index (χ2v) is 6.03. The number of rotatable bonds is 2. The van der Waals surface area contributed by atoms with Crippen molar-refractivity contribution < 1.29 is 0 Å². The van der Waals surface area contributed by atoms with Crippen molar-refractivity contribution in [2.24, 2.45) is 11.7 Å². The zero-order valence-electron chi connectivity index (χ0n) is 12.6. The highest BCUT2D eigenvalue weighted by Crippen LogP contribution is 2.21. The summed E-state index contributed by atoms with van der Waals surface area (Å²) < 4.78 is 0. The summed E-state index contributed by atoms with van der Waals surface area (Å²) in [4.78, 5) is 2.55. The van der Waals surface area contributed by atoms with Crippen molar-refractivity contribution in [1.29, 1.82) is 0 Å². The van der Waals surface area contributed by atoms with Gasteiger partial charge in [-0.25, -0.2) is 0 Å². The maximum absolute atomic E-state index is 6.08. The van der Waals surface area contributed by atoms with Crippen LogP contribution in [0.3, 0.4) is 0 Å². The van der Waals surface area contributed by atoms with E-state index in [4.69, 9.17) is 5.73 Å². The van der Waals surface area contributed by atoms with Crippen LogP contribution in [0.5, 0.6) is 0 Å². The van der Waals surface area contributed by atoms with Gasteiger partial charge in [0.05, 0.1) is 0 Å². The summed E-state index contributed by atoms with van der Waals surface area (Å²) in [6.07, 6.45) is 1.13. The van der Waals surface area contributed by atoms with E-state index in [1.54, 1.807) is 0 Å². The van der Waals surface area contributed by atoms with E-state index >= 15 is 0 Å². The lowest BCUT2D eigenvalue weighted by Crippen LogP contribution is -2.45. The molecule has 0 aromatic heterocycles. The smallest absolute Gasteiger partial charge is 0.0236 e. The van der Waals surface area contributed by atoms with Crippen LogP contribution in [0.4, 0.5) is 0 Å². The molecule has 3 heteroatoms. The second kappa shape index (κ2) is 6.74. The lowest BCUT2D eigenvalue weighted by Gasteiger charge is -2.35. The maximum Gasteiger partial charge on any atom is 0.0236 e. The van der Waals surface area contributed by atoms with E-state index in [1.165, 1.54) is 22.3 Å². The monoisotopic (exact) mass is 282 g/mol. The molecule has 0 bridgehead atoms. The van der Waals surface area contributed by atoms with Gasteiger partial charge < -0.3 is 5.73 Å². The van der Waals surface area contributed by atoms with Gasteiger partial charge in [0.25, 0.3) is 0 Å². The highest BCUT2D eigenvalue weighted by molar-refractivity contribution is 5.85. The molecule has 2 atom stereocenters. The van der Waals surface area contributed by atoms with Gasteiger partial charge in [0.15, 0.2) is 0 Å². The van der Waals surface area contributed by atoms with Crippen LogP contribution < -0.4 is 5.73 Å². The first-order chi connectivity index (χ1) is 8.47. The molecule has 0 amide bonds. The SMILES string of the molecule is Cc1cc(C)c(CN2CCC(N)C(C)C2)cc1C.Cl. The first-order valence-electron chi connectivity index (χ1n) is 7.02. The van der Waals surface area contributed by atoms with Crippen molar-refractivity contribution in [3.63, 3.8) is 0 Å². The van der Waals surface area contributed by atoms with E-state index in [0.29, 0.717) is 12.0 Å². The molecule has 1 fully saturated rings. The number of hydrogen-bond acceptors (Lipinski definition) is 2. The molecule has 0 radical (unpaired) electrons. The third-order valence-corrected chi connectivity index (χ3v) is 4.40. The Morgan fingerprint density at radius 1 is 1.16 bits per heavy atom. The van der Waals surface area contributed by atoms with Crippen LogP contribution in [-0.2, 0) is 6.54 Å². The van der Waals surface area contributed by atoms with Crippen molar-refractivity contribution in [2.45, 2.75) is 46.7 Å². The Hall–Kier alpha value is -0.570. The minimum Gasteiger partial charge on any atom is -0.327 e. The fourth-order valence-corrected chi connectivity index (χ4v) is 2.83. The standard InChI is InChI=1S/C16H26N2.ClH/c1-11-7-13(3)15(8-12(11)2)10-18-6-5-16(17)14(4)9-18;/h7-8,14,16H,5-6,9-10,17H2,1-4H3;1H. The van der Waals surface area contributed by atoms with E-state index < -0.39 is 0 Å². The number of aryl methyl sites for hydroxylation is 3. The topological polar surface area (TPSA) is 29.3 Å². The van der Waals surface area contributed by atoms with E-state index in [2.05, 4.69) is 44.7 Å². The molecule has 19 heavy (non-hydrogen) atoms. The Labute approximate surface area is 123 Å². The Balaban J connectivity index is 0.00000180. The molecule has 1 aliphatic rings. The number of piperidine rings is 1. The molecule has 2 N–H and O–H groups in total. The summed E-state index contributed by atoms with van der Waals surface area (Å²) in [5.74, 6) is 0.616. The minimum atomic E-state index is 0.